The number of nitrogens with zero attached hydrogens (tertiary/aromatic N) is 3. The van der Waals surface area contributed by atoms with Crippen LogP contribution in [0.5, 0.6) is 0 Å². The quantitative estimate of drug-likeness (QED) is 0.538. The van der Waals surface area contributed by atoms with Gasteiger partial charge in [-0.2, -0.15) is 0 Å². The predicted molar refractivity (Wildman–Crippen MR) is 128 cm³/mol. The zero-order chi connectivity index (χ0) is 21.5. The summed E-state index contributed by atoms with van der Waals surface area (Å²) in [4.78, 5) is 7.05. The van der Waals surface area contributed by atoms with Crippen LogP contribution in [0.15, 0.2) is 36.7 Å². The number of aliphatic hydroxyl groups excluding tert-OH is 1. The second kappa shape index (κ2) is 8.08. The van der Waals surface area contributed by atoms with E-state index in [1.54, 1.807) is 0 Å². The molecule has 1 aliphatic carbocycles. The number of hydrogen-bond acceptors (Lipinski definition) is 5. The first kappa shape index (κ1) is 20.2. The van der Waals surface area contributed by atoms with Crippen molar-refractivity contribution in [3.63, 3.8) is 0 Å². The Bertz CT molecular complexity index is 1080. The molecule has 0 spiro atoms. The number of aliphatic hydroxyl groups is 1. The van der Waals surface area contributed by atoms with Crippen LogP contribution in [0.1, 0.15) is 51.5 Å². The van der Waals surface area contributed by atoms with Crippen LogP contribution in [-0.2, 0) is 0 Å². The number of nitrogens with two attached hydrogens (primary N) is 2. The molecule has 1 aliphatic heterocycles. The third-order valence-corrected chi connectivity index (χ3v) is 7.30. The number of aromatic nitrogens is 2. The van der Waals surface area contributed by atoms with E-state index in [2.05, 4.69) is 40.7 Å². The molecular formula is C25H33N5O. The maximum atomic E-state index is 9.60. The Morgan fingerprint density at radius 3 is 2.65 bits per heavy atom. The van der Waals surface area contributed by atoms with Crippen molar-refractivity contribution < 1.29 is 5.11 Å². The maximum Gasteiger partial charge on any atom is 0.0960 e. The van der Waals surface area contributed by atoms with Gasteiger partial charge in [-0.1, -0.05) is 25.3 Å². The fourth-order valence-corrected chi connectivity index (χ4v) is 5.55. The zero-order valence-corrected chi connectivity index (χ0v) is 18.3. The summed E-state index contributed by atoms with van der Waals surface area (Å²) in [6.07, 6.45) is 9.41. The van der Waals surface area contributed by atoms with Crippen molar-refractivity contribution >= 4 is 28.1 Å². The molecule has 0 radical (unpaired) electrons. The molecule has 5 N–H and O–H groups in total. The molecule has 2 unspecified atom stereocenters. The molecule has 6 nitrogen and oxygen atoms in total. The Hall–Kier alpha value is -2.73. The van der Waals surface area contributed by atoms with Gasteiger partial charge in [-0.05, 0) is 56.0 Å². The van der Waals surface area contributed by atoms with Crippen LogP contribution >= 0.6 is 0 Å². The summed E-state index contributed by atoms with van der Waals surface area (Å²) in [6.45, 7) is 3.26. The topological polar surface area (TPSA) is 93.3 Å². The third-order valence-electron chi connectivity index (χ3n) is 7.30. The van der Waals surface area contributed by atoms with Crippen molar-refractivity contribution in [1.29, 1.82) is 0 Å². The van der Waals surface area contributed by atoms with Crippen molar-refractivity contribution in [1.82, 2.24) is 9.55 Å². The lowest BCUT2D eigenvalue weighted by molar-refractivity contribution is 0.236. The zero-order valence-electron chi connectivity index (χ0n) is 18.3. The van der Waals surface area contributed by atoms with Crippen molar-refractivity contribution in [2.45, 2.75) is 57.5 Å². The highest BCUT2D eigenvalue weighted by Gasteiger charge is 2.29. The summed E-state index contributed by atoms with van der Waals surface area (Å²) in [5.74, 6) is 0.303. The van der Waals surface area contributed by atoms with E-state index in [0.29, 0.717) is 29.4 Å². The molecule has 6 heteroatoms. The average Bonchev–Trinajstić information content (AvgIpc) is 3.39. The average molecular weight is 420 g/mol. The van der Waals surface area contributed by atoms with Gasteiger partial charge in [-0.15, -0.1) is 0 Å². The molecule has 2 aliphatic rings. The Balaban J connectivity index is 1.51. The monoisotopic (exact) mass is 419 g/mol. The maximum absolute atomic E-state index is 9.60. The number of fused-ring (bicyclic) bond motifs is 1. The summed E-state index contributed by atoms with van der Waals surface area (Å²) < 4.78 is 2.35. The number of benzene rings is 2. The van der Waals surface area contributed by atoms with Gasteiger partial charge in [0.25, 0.3) is 0 Å². The van der Waals surface area contributed by atoms with Crippen LogP contribution in [0.25, 0.3) is 22.2 Å². The first-order valence-electron chi connectivity index (χ1n) is 11.6. The van der Waals surface area contributed by atoms with Crippen molar-refractivity contribution in [3.05, 3.63) is 36.7 Å². The highest BCUT2D eigenvalue weighted by Crippen LogP contribution is 2.39. The molecule has 1 saturated heterocycles. The molecule has 2 atom stereocenters. The molecule has 0 bridgehead atoms. The van der Waals surface area contributed by atoms with E-state index in [9.17, 15) is 5.11 Å². The first-order valence-corrected chi connectivity index (χ1v) is 11.6. The summed E-state index contributed by atoms with van der Waals surface area (Å²) >= 11 is 0. The van der Waals surface area contributed by atoms with E-state index >= 15 is 0 Å². The second-order valence-corrected chi connectivity index (χ2v) is 9.43. The number of rotatable bonds is 4. The number of nitrogen functional groups attached to an aromatic ring is 2. The van der Waals surface area contributed by atoms with Crippen LogP contribution in [0, 0.1) is 5.92 Å². The van der Waals surface area contributed by atoms with Gasteiger partial charge in [0.15, 0.2) is 0 Å². The summed E-state index contributed by atoms with van der Waals surface area (Å²) in [5, 5.41) is 9.60. The minimum absolute atomic E-state index is 0.221. The second-order valence-electron chi connectivity index (χ2n) is 9.43. The van der Waals surface area contributed by atoms with E-state index in [1.807, 2.05) is 12.4 Å². The van der Waals surface area contributed by atoms with Crippen molar-refractivity contribution in [3.8, 4) is 11.1 Å². The van der Waals surface area contributed by atoms with Gasteiger partial charge in [-0.25, -0.2) is 4.98 Å². The smallest absolute Gasteiger partial charge is 0.0960 e. The largest absolute Gasteiger partial charge is 0.397 e. The highest BCUT2D eigenvalue weighted by molar-refractivity contribution is 5.91. The van der Waals surface area contributed by atoms with Crippen LogP contribution in [0.2, 0.25) is 0 Å². The van der Waals surface area contributed by atoms with Crippen LogP contribution in [0.3, 0.4) is 0 Å². The fourth-order valence-electron chi connectivity index (χ4n) is 5.55. The summed E-state index contributed by atoms with van der Waals surface area (Å²) in [5.41, 5.74) is 19.2. The van der Waals surface area contributed by atoms with E-state index in [1.165, 1.54) is 37.6 Å². The molecule has 1 saturated carbocycles. The molecule has 0 amide bonds. The lowest BCUT2D eigenvalue weighted by atomic mass is 9.95. The molecule has 3 aromatic rings. The first-order chi connectivity index (χ1) is 15.0. The number of imidazole rings is 1. The molecule has 164 valence electrons. The lowest BCUT2D eigenvalue weighted by Gasteiger charge is -2.26. The van der Waals surface area contributed by atoms with Gasteiger partial charge < -0.3 is 26.0 Å². The molecule has 31 heavy (non-hydrogen) atoms. The summed E-state index contributed by atoms with van der Waals surface area (Å²) in [7, 11) is 0. The number of anilines is 3. The molecular weight excluding hydrogens is 386 g/mol. The third kappa shape index (κ3) is 3.63. The van der Waals surface area contributed by atoms with Gasteiger partial charge in [0.2, 0.25) is 0 Å². The van der Waals surface area contributed by atoms with Gasteiger partial charge in [0, 0.05) is 42.4 Å². The van der Waals surface area contributed by atoms with Gasteiger partial charge in [0.1, 0.15) is 0 Å². The number of hydrogen-bond donors (Lipinski definition) is 3. The highest BCUT2D eigenvalue weighted by atomic mass is 16.3. The fraction of sp³-hybridized carbons (Fsp3) is 0.480. The Kier molecular flexibility index (Phi) is 5.26. The molecule has 1 aromatic heterocycles. The Morgan fingerprint density at radius 2 is 1.90 bits per heavy atom. The Morgan fingerprint density at radius 1 is 1.10 bits per heavy atom. The van der Waals surface area contributed by atoms with Crippen LogP contribution in [0.4, 0.5) is 17.1 Å². The lowest BCUT2D eigenvalue weighted by Crippen LogP contribution is -2.27. The molecule has 2 heterocycles. The molecule has 2 fully saturated rings. The van der Waals surface area contributed by atoms with E-state index < -0.39 is 0 Å². The Labute approximate surface area is 183 Å². The van der Waals surface area contributed by atoms with Crippen LogP contribution in [-0.4, -0.2) is 33.9 Å². The minimum atomic E-state index is 0.221. The van der Waals surface area contributed by atoms with E-state index in [0.717, 1.165) is 35.3 Å². The van der Waals surface area contributed by atoms with Gasteiger partial charge in [0.05, 0.1) is 28.7 Å². The summed E-state index contributed by atoms with van der Waals surface area (Å²) in [6, 6.07) is 11.5. The van der Waals surface area contributed by atoms with Crippen molar-refractivity contribution in [2.24, 2.45) is 5.92 Å². The standard InChI is InChI=1S/C25H33N5O/c1-16-9-17(14-31)13-29(16)20-11-21(25(27)22(26)12-20)18-7-8-24-23(10-18)28-15-30(24)19-5-3-2-4-6-19/h7-8,10-12,15-17,19,31H,2-6,9,13-14,26-27H2,1H3. The van der Waals surface area contributed by atoms with E-state index in [4.69, 9.17) is 16.5 Å². The predicted octanol–water partition coefficient (Wildman–Crippen LogP) is 4.58. The SMILES string of the molecule is CC1CC(CO)CN1c1cc(N)c(N)c(-c2ccc3c(c2)ncn3C2CCCCC2)c1. The molecule has 5 rings (SSSR count). The van der Waals surface area contributed by atoms with E-state index in [-0.39, 0.29) is 6.61 Å². The normalized spacial score (nSPS) is 22.5. The molecule has 2 aromatic carbocycles. The van der Waals surface area contributed by atoms with Crippen molar-refractivity contribution in [2.75, 3.05) is 29.5 Å². The van der Waals surface area contributed by atoms with Crippen LogP contribution < -0.4 is 16.4 Å². The minimum Gasteiger partial charge on any atom is -0.397 e. The van der Waals surface area contributed by atoms with Gasteiger partial charge >= 0.3 is 0 Å². The van der Waals surface area contributed by atoms with Gasteiger partial charge in [-0.3, -0.25) is 0 Å².